The Morgan fingerprint density at radius 2 is 1.79 bits per heavy atom. The lowest BCUT2D eigenvalue weighted by Crippen LogP contribution is -2.36. The molecule has 154 valence electrons. The van der Waals surface area contributed by atoms with E-state index in [0.717, 1.165) is 35.5 Å². The second kappa shape index (κ2) is 8.78. The highest BCUT2D eigenvalue weighted by molar-refractivity contribution is 7.17. The summed E-state index contributed by atoms with van der Waals surface area (Å²) in [5, 5.41) is 3.43. The van der Waals surface area contributed by atoms with Crippen molar-refractivity contribution in [3.05, 3.63) is 41.5 Å². The van der Waals surface area contributed by atoms with Crippen LogP contribution in [0.5, 0.6) is 0 Å². The fourth-order valence-electron chi connectivity index (χ4n) is 4.14. The molecule has 0 atom stereocenters. The summed E-state index contributed by atoms with van der Waals surface area (Å²) < 4.78 is 0. The SMILES string of the molecule is CN(C)Cc1nc(N(C)CC2CCN(C)CC2)c2c(-c3ccccc3)csc2n1. The number of hydrogen-bond acceptors (Lipinski definition) is 6. The first kappa shape index (κ1) is 20.3. The molecule has 1 aliphatic rings. The van der Waals surface area contributed by atoms with Crippen molar-refractivity contribution >= 4 is 27.4 Å². The first-order chi connectivity index (χ1) is 14.0. The van der Waals surface area contributed by atoms with Crippen molar-refractivity contribution in [3.8, 4) is 11.1 Å². The molecule has 0 N–H and O–H groups in total. The predicted octanol–water partition coefficient (Wildman–Crippen LogP) is 4.20. The van der Waals surface area contributed by atoms with Crippen LogP contribution in [0, 0.1) is 5.92 Å². The van der Waals surface area contributed by atoms with E-state index < -0.39 is 0 Å². The van der Waals surface area contributed by atoms with E-state index in [1.165, 1.54) is 42.4 Å². The summed E-state index contributed by atoms with van der Waals surface area (Å²) in [7, 11) is 8.56. The van der Waals surface area contributed by atoms with E-state index in [0.29, 0.717) is 0 Å². The van der Waals surface area contributed by atoms with Crippen molar-refractivity contribution in [2.24, 2.45) is 5.92 Å². The molecular formula is C23H31N5S. The Balaban J connectivity index is 1.73. The van der Waals surface area contributed by atoms with Gasteiger partial charge in [0.05, 0.1) is 11.9 Å². The normalized spacial score (nSPS) is 16.0. The fourth-order valence-corrected chi connectivity index (χ4v) is 5.11. The Hall–Kier alpha value is -2.02. The van der Waals surface area contributed by atoms with Gasteiger partial charge in [-0.1, -0.05) is 30.3 Å². The maximum Gasteiger partial charge on any atom is 0.146 e. The number of thiophene rings is 1. The molecule has 2 aromatic heterocycles. The summed E-state index contributed by atoms with van der Waals surface area (Å²) in [6, 6.07) is 10.6. The van der Waals surface area contributed by atoms with E-state index >= 15 is 0 Å². The third-order valence-electron chi connectivity index (χ3n) is 5.73. The van der Waals surface area contributed by atoms with Gasteiger partial charge in [0.1, 0.15) is 16.5 Å². The Labute approximate surface area is 178 Å². The van der Waals surface area contributed by atoms with Crippen LogP contribution < -0.4 is 4.90 Å². The summed E-state index contributed by atoms with van der Waals surface area (Å²) in [5.41, 5.74) is 2.48. The number of rotatable bonds is 6. The molecule has 5 nitrogen and oxygen atoms in total. The number of aromatic nitrogens is 2. The van der Waals surface area contributed by atoms with Gasteiger partial charge in [0, 0.05) is 24.5 Å². The highest BCUT2D eigenvalue weighted by Crippen LogP contribution is 2.38. The molecule has 1 aromatic carbocycles. The minimum Gasteiger partial charge on any atom is -0.359 e. The van der Waals surface area contributed by atoms with Gasteiger partial charge < -0.3 is 14.7 Å². The summed E-state index contributed by atoms with van der Waals surface area (Å²) in [6.45, 7) is 4.18. The van der Waals surface area contributed by atoms with Crippen LogP contribution >= 0.6 is 11.3 Å². The van der Waals surface area contributed by atoms with Gasteiger partial charge >= 0.3 is 0 Å². The van der Waals surface area contributed by atoms with Gasteiger partial charge in [-0.25, -0.2) is 9.97 Å². The average Bonchev–Trinajstić information content (AvgIpc) is 3.13. The minimum absolute atomic E-state index is 0.720. The zero-order valence-electron chi connectivity index (χ0n) is 17.9. The topological polar surface area (TPSA) is 35.5 Å². The molecule has 0 amide bonds. The third-order valence-corrected chi connectivity index (χ3v) is 6.61. The van der Waals surface area contributed by atoms with E-state index in [4.69, 9.17) is 9.97 Å². The monoisotopic (exact) mass is 409 g/mol. The zero-order valence-corrected chi connectivity index (χ0v) is 18.7. The summed E-state index contributed by atoms with van der Waals surface area (Å²) in [6.07, 6.45) is 2.52. The van der Waals surface area contributed by atoms with E-state index in [9.17, 15) is 0 Å². The molecule has 1 fully saturated rings. The van der Waals surface area contributed by atoms with Gasteiger partial charge in [0.15, 0.2) is 0 Å². The Morgan fingerprint density at radius 1 is 1.07 bits per heavy atom. The van der Waals surface area contributed by atoms with E-state index in [-0.39, 0.29) is 0 Å². The number of hydrogen-bond donors (Lipinski definition) is 0. The molecule has 3 heterocycles. The molecule has 0 spiro atoms. The Morgan fingerprint density at radius 3 is 2.48 bits per heavy atom. The molecular weight excluding hydrogens is 378 g/mol. The molecule has 0 unspecified atom stereocenters. The van der Waals surface area contributed by atoms with Crippen LogP contribution in [0.3, 0.4) is 0 Å². The molecule has 1 aliphatic heterocycles. The van der Waals surface area contributed by atoms with E-state index in [1.807, 2.05) is 0 Å². The van der Waals surface area contributed by atoms with Crippen molar-refractivity contribution in [2.75, 3.05) is 52.7 Å². The minimum atomic E-state index is 0.720. The number of fused-ring (bicyclic) bond motifs is 1. The quantitative estimate of drug-likeness (QED) is 0.610. The lowest BCUT2D eigenvalue weighted by atomic mass is 9.96. The highest BCUT2D eigenvalue weighted by Gasteiger charge is 2.22. The van der Waals surface area contributed by atoms with Gasteiger partial charge in [-0.15, -0.1) is 11.3 Å². The molecule has 0 bridgehead atoms. The third kappa shape index (κ3) is 4.60. The summed E-state index contributed by atoms with van der Waals surface area (Å²) in [5.74, 6) is 2.69. The Kier molecular flexibility index (Phi) is 6.13. The standard InChI is InChI=1S/C23H31N5S/c1-26(2)15-20-24-22(28(4)14-17-10-12-27(3)13-11-17)21-19(16-29-23(21)25-20)18-8-6-5-7-9-18/h5-9,16-17H,10-15H2,1-4H3. The maximum absolute atomic E-state index is 5.05. The van der Waals surface area contributed by atoms with Crippen LogP contribution in [0.2, 0.25) is 0 Å². The Bertz CT molecular complexity index is 945. The molecule has 0 saturated carbocycles. The molecule has 0 aliphatic carbocycles. The summed E-state index contributed by atoms with van der Waals surface area (Å²) in [4.78, 5) is 18.0. The van der Waals surface area contributed by atoms with E-state index in [1.54, 1.807) is 11.3 Å². The number of nitrogens with zero attached hydrogens (tertiary/aromatic N) is 5. The van der Waals surface area contributed by atoms with Crippen LogP contribution in [0.1, 0.15) is 18.7 Å². The van der Waals surface area contributed by atoms with Crippen molar-refractivity contribution in [1.82, 2.24) is 19.8 Å². The number of likely N-dealkylation sites (tertiary alicyclic amines) is 1. The molecule has 1 saturated heterocycles. The van der Waals surface area contributed by atoms with Crippen LogP contribution in [0.15, 0.2) is 35.7 Å². The average molecular weight is 410 g/mol. The molecule has 0 radical (unpaired) electrons. The number of benzene rings is 1. The lowest BCUT2D eigenvalue weighted by Gasteiger charge is -2.32. The molecule has 6 heteroatoms. The molecule has 3 aromatic rings. The smallest absolute Gasteiger partial charge is 0.146 e. The molecule has 29 heavy (non-hydrogen) atoms. The second-order valence-electron chi connectivity index (χ2n) is 8.52. The highest BCUT2D eigenvalue weighted by atomic mass is 32.1. The van der Waals surface area contributed by atoms with Gasteiger partial charge in [-0.2, -0.15) is 0 Å². The first-order valence-electron chi connectivity index (χ1n) is 10.4. The fraction of sp³-hybridized carbons (Fsp3) is 0.478. The van der Waals surface area contributed by atoms with E-state index in [2.05, 4.69) is 78.6 Å². The second-order valence-corrected chi connectivity index (χ2v) is 9.38. The van der Waals surface area contributed by atoms with Crippen LogP contribution in [-0.2, 0) is 6.54 Å². The van der Waals surface area contributed by atoms with Crippen molar-refractivity contribution in [1.29, 1.82) is 0 Å². The number of piperidine rings is 1. The van der Waals surface area contributed by atoms with Gasteiger partial charge in [-0.05, 0) is 58.6 Å². The predicted molar refractivity (Wildman–Crippen MR) is 124 cm³/mol. The first-order valence-corrected chi connectivity index (χ1v) is 11.3. The maximum atomic E-state index is 5.05. The van der Waals surface area contributed by atoms with Gasteiger partial charge in [0.2, 0.25) is 0 Å². The lowest BCUT2D eigenvalue weighted by molar-refractivity contribution is 0.222. The number of anilines is 1. The van der Waals surface area contributed by atoms with Crippen molar-refractivity contribution in [2.45, 2.75) is 19.4 Å². The van der Waals surface area contributed by atoms with Gasteiger partial charge in [0.25, 0.3) is 0 Å². The van der Waals surface area contributed by atoms with Crippen LogP contribution in [0.25, 0.3) is 21.3 Å². The van der Waals surface area contributed by atoms with Crippen LogP contribution in [-0.4, -0.2) is 67.6 Å². The largest absolute Gasteiger partial charge is 0.359 e. The van der Waals surface area contributed by atoms with Crippen LogP contribution in [0.4, 0.5) is 5.82 Å². The summed E-state index contributed by atoms with van der Waals surface area (Å²) >= 11 is 1.73. The molecule has 4 rings (SSSR count). The zero-order chi connectivity index (χ0) is 20.4. The van der Waals surface area contributed by atoms with Crippen molar-refractivity contribution in [3.63, 3.8) is 0 Å². The van der Waals surface area contributed by atoms with Crippen molar-refractivity contribution < 1.29 is 0 Å². The van der Waals surface area contributed by atoms with Gasteiger partial charge in [-0.3, -0.25) is 0 Å².